The van der Waals surface area contributed by atoms with Crippen LogP contribution in [-0.4, -0.2) is 40.7 Å². The third-order valence-corrected chi connectivity index (χ3v) is 6.80. The first kappa shape index (κ1) is 21.6. The smallest absolute Gasteiger partial charge is 0.284 e. The van der Waals surface area contributed by atoms with Gasteiger partial charge in [-0.3, -0.25) is 4.79 Å². The summed E-state index contributed by atoms with van der Waals surface area (Å²) in [5.74, 6) is 0.755. The SMILES string of the molecule is O=c1c2cnc(Nc3ccc(C4CCCCN4)cc3)nc2nc2c3ccccc3n(-c3ncccn3)n12. The summed E-state index contributed by atoms with van der Waals surface area (Å²) in [5, 5.41) is 7.93. The quantitative estimate of drug-likeness (QED) is 0.383. The van der Waals surface area contributed by atoms with Crippen molar-refractivity contribution < 1.29 is 0 Å². The van der Waals surface area contributed by atoms with Crippen LogP contribution in [0.15, 0.2) is 78.0 Å². The largest absolute Gasteiger partial charge is 0.324 e. The number of hydrogen-bond acceptors (Lipinski definition) is 8. The van der Waals surface area contributed by atoms with Gasteiger partial charge in [-0.2, -0.15) is 9.50 Å². The van der Waals surface area contributed by atoms with Crippen LogP contribution in [-0.2, 0) is 0 Å². The molecule has 0 amide bonds. The molecule has 0 bridgehead atoms. The highest BCUT2D eigenvalue weighted by molar-refractivity contribution is 5.95. The van der Waals surface area contributed by atoms with Crippen molar-refractivity contribution in [3.63, 3.8) is 0 Å². The Hall–Kier alpha value is -4.70. The Balaban J connectivity index is 1.30. The van der Waals surface area contributed by atoms with E-state index in [4.69, 9.17) is 4.98 Å². The number of nitrogens with zero attached hydrogens (tertiary/aromatic N) is 7. The van der Waals surface area contributed by atoms with Gasteiger partial charge in [-0.05, 0) is 55.3 Å². The first-order valence-corrected chi connectivity index (χ1v) is 12.3. The van der Waals surface area contributed by atoms with Crippen LogP contribution in [0, 0.1) is 0 Å². The normalized spacial score (nSPS) is 15.9. The zero-order valence-electron chi connectivity index (χ0n) is 19.9. The van der Waals surface area contributed by atoms with E-state index >= 15 is 0 Å². The van der Waals surface area contributed by atoms with Crippen molar-refractivity contribution >= 4 is 39.2 Å². The Labute approximate surface area is 211 Å². The fourth-order valence-corrected chi connectivity index (χ4v) is 5.00. The molecule has 0 saturated carbocycles. The average molecular weight is 490 g/mol. The lowest BCUT2D eigenvalue weighted by Crippen LogP contribution is -2.26. The number of piperidine rings is 1. The summed E-state index contributed by atoms with van der Waals surface area (Å²) in [4.78, 5) is 36.1. The summed E-state index contributed by atoms with van der Waals surface area (Å²) < 4.78 is 3.16. The molecule has 182 valence electrons. The monoisotopic (exact) mass is 489 g/mol. The number of hydrogen-bond donors (Lipinski definition) is 2. The van der Waals surface area contributed by atoms with Gasteiger partial charge in [0.2, 0.25) is 11.9 Å². The Morgan fingerprint density at radius 2 is 1.73 bits per heavy atom. The van der Waals surface area contributed by atoms with Gasteiger partial charge in [-0.15, -0.1) is 0 Å². The Morgan fingerprint density at radius 3 is 2.54 bits per heavy atom. The van der Waals surface area contributed by atoms with Crippen LogP contribution in [0.1, 0.15) is 30.9 Å². The highest BCUT2D eigenvalue weighted by Gasteiger charge is 2.19. The van der Waals surface area contributed by atoms with Crippen molar-refractivity contribution in [2.45, 2.75) is 25.3 Å². The minimum atomic E-state index is -0.292. The molecule has 0 aliphatic carbocycles. The van der Waals surface area contributed by atoms with Gasteiger partial charge in [0.15, 0.2) is 11.3 Å². The highest BCUT2D eigenvalue weighted by Crippen LogP contribution is 2.26. The molecule has 1 aliphatic rings. The van der Waals surface area contributed by atoms with E-state index in [1.165, 1.54) is 29.1 Å². The molecule has 37 heavy (non-hydrogen) atoms. The summed E-state index contributed by atoms with van der Waals surface area (Å²) in [6, 6.07) is 18.1. The van der Waals surface area contributed by atoms with Gasteiger partial charge >= 0.3 is 0 Å². The summed E-state index contributed by atoms with van der Waals surface area (Å²) in [5.41, 5.74) is 3.43. The molecule has 2 aromatic carbocycles. The number of benzene rings is 2. The van der Waals surface area contributed by atoms with Gasteiger partial charge in [-0.1, -0.05) is 30.7 Å². The lowest BCUT2D eigenvalue weighted by atomic mass is 9.97. The molecule has 4 aromatic heterocycles. The highest BCUT2D eigenvalue weighted by atomic mass is 16.1. The van der Waals surface area contributed by atoms with Crippen LogP contribution >= 0.6 is 0 Å². The van der Waals surface area contributed by atoms with E-state index in [1.807, 2.05) is 36.4 Å². The van der Waals surface area contributed by atoms with Crippen molar-refractivity contribution in [3.05, 3.63) is 89.1 Å². The van der Waals surface area contributed by atoms with Gasteiger partial charge in [0.25, 0.3) is 5.56 Å². The Bertz CT molecular complexity index is 1800. The third kappa shape index (κ3) is 3.69. The summed E-state index contributed by atoms with van der Waals surface area (Å²) >= 11 is 0. The van der Waals surface area contributed by atoms with Crippen molar-refractivity contribution in [1.29, 1.82) is 0 Å². The number of anilines is 2. The summed E-state index contributed by atoms with van der Waals surface area (Å²) in [6.07, 6.45) is 8.44. The molecule has 1 fully saturated rings. The van der Waals surface area contributed by atoms with Crippen molar-refractivity contribution in [1.82, 2.24) is 39.4 Å². The maximum atomic E-state index is 13.6. The van der Waals surface area contributed by atoms with Gasteiger partial charge in [-0.25, -0.2) is 24.6 Å². The summed E-state index contributed by atoms with van der Waals surface area (Å²) in [7, 11) is 0. The van der Waals surface area contributed by atoms with E-state index < -0.39 is 0 Å². The first-order chi connectivity index (χ1) is 18.3. The topological polar surface area (TPSA) is 115 Å². The fraction of sp³-hybridized carbons (Fsp3) is 0.185. The molecule has 6 aromatic rings. The molecule has 2 N–H and O–H groups in total. The second-order valence-corrected chi connectivity index (χ2v) is 9.11. The van der Waals surface area contributed by atoms with Crippen LogP contribution in [0.5, 0.6) is 0 Å². The van der Waals surface area contributed by atoms with E-state index in [0.717, 1.165) is 29.6 Å². The van der Waals surface area contributed by atoms with Crippen LogP contribution in [0.25, 0.3) is 33.5 Å². The number of para-hydroxylation sites is 1. The second-order valence-electron chi connectivity index (χ2n) is 9.11. The van der Waals surface area contributed by atoms with Crippen LogP contribution < -0.4 is 16.2 Å². The van der Waals surface area contributed by atoms with Gasteiger partial charge in [0.1, 0.15) is 5.39 Å². The number of aromatic nitrogens is 7. The lowest BCUT2D eigenvalue weighted by Gasteiger charge is -2.24. The molecular weight excluding hydrogens is 466 g/mol. The van der Waals surface area contributed by atoms with Gasteiger partial charge < -0.3 is 10.6 Å². The number of fused-ring (bicyclic) bond motifs is 4. The Morgan fingerprint density at radius 1 is 0.892 bits per heavy atom. The molecule has 5 heterocycles. The van der Waals surface area contributed by atoms with Crippen molar-refractivity contribution in [2.24, 2.45) is 0 Å². The van der Waals surface area contributed by atoms with E-state index in [-0.39, 0.29) is 5.56 Å². The minimum absolute atomic E-state index is 0.292. The molecule has 0 spiro atoms. The average Bonchev–Trinajstić information content (AvgIpc) is 3.29. The van der Waals surface area contributed by atoms with Crippen LogP contribution in [0.2, 0.25) is 0 Å². The standard InChI is InChI=1S/C27H23N9O/c37-25-20-16-31-26(32-18-11-9-17(10-12-18)21-7-3-4-13-28-21)34-23(20)33-24-19-6-1-2-8-22(19)35(36(24)25)27-29-14-5-15-30-27/h1-2,5-6,8-12,14-16,21,28H,3-4,7,13H2,(H,31,32,34). The van der Waals surface area contributed by atoms with E-state index in [9.17, 15) is 4.79 Å². The zero-order chi connectivity index (χ0) is 24.8. The molecule has 1 unspecified atom stereocenters. The second kappa shape index (κ2) is 8.75. The van der Waals surface area contributed by atoms with Crippen LogP contribution in [0.4, 0.5) is 11.6 Å². The third-order valence-electron chi connectivity index (χ3n) is 6.80. The summed E-state index contributed by atoms with van der Waals surface area (Å²) in [6.45, 7) is 1.06. The molecule has 10 nitrogen and oxygen atoms in total. The Kier molecular flexibility index (Phi) is 5.10. The van der Waals surface area contributed by atoms with E-state index in [2.05, 4.69) is 42.7 Å². The van der Waals surface area contributed by atoms with Gasteiger partial charge in [0, 0.05) is 35.7 Å². The van der Waals surface area contributed by atoms with E-state index in [0.29, 0.717) is 34.6 Å². The first-order valence-electron chi connectivity index (χ1n) is 12.3. The maximum Gasteiger partial charge on any atom is 0.284 e. The molecule has 0 radical (unpaired) electrons. The molecule has 1 atom stereocenters. The minimum Gasteiger partial charge on any atom is -0.324 e. The maximum absolute atomic E-state index is 13.6. The van der Waals surface area contributed by atoms with Gasteiger partial charge in [0.05, 0.1) is 5.52 Å². The number of rotatable bonds is 4. The van der Waals surface area contributed by atoms with Crippen molar-refractivity contribution in [2.75, 3.05) is 11.9 Å². The molecule has 1 aliphatic heterocycles. The fourth-order valence-electron chi connectivity index (χ4n) is 5.00. The molecule has 10 heteroatoms. The zero-order valence-corrected chi connectivity index (χ0v) is 19.9. The predicted octanol–water partition coefficient (Wildman–Crippen LogP) is 3.93. The van der Waals surface area contributed by atoms with E-state index in [1.54, 1.807) is 23.1 Å². The molecule has 7 rings (SSSR count). The molecule has 1 saturated heterocycles. The predicted molar refractivity (Wildman–Crippen MR) is 141 cm³/mol. The molecular formula is C27H23N9O. The van der Waals surface area contributed by atoms with Crippen LogP contribution in [0.3, 0.4) is 0 Å². The lowest BCUT2D eigenvalue weighted by molar-refractivity contribution is 0.412. The number of nitrogens with one attached hydrogen (secondary N) is 2. The van der Waals surface area contributed by atoms with Crippen molar-refractivity contribution in [3.8, 4) is 5.95 Å².